The number of carbonyl (C=O) groups is 1. The molecule has 1 aliphatic rings. The Hall–Kier alpha value is 0.360. The van der Waals surface area contributed by atoms with Gasteiger partial charge < -0.3 is 6.53 Å². The zero-order valence-corrected chi connectivity index (χ0v) is 7.89. The Morgan fingerprint density at radius 1 is 1.89 bits per heavy atom. The molecular weight excluding hydrogens is 149 g/mol. The molecule has 9 heavy (non-hydrogen) atoms. The summed E-state index contributed by atoms with van der Waals surface area (Å²) in [7, 11) is 0. The minimum Gasteiger partial charge on any atom is -1.00 e. The third-order valence-corrected chi connectivity index (χ3v) is 1.54. The molecule has 0 aromatic rings. The van der Waals surface area contributed by atoms with E-state index in [1.165, 1.54) is 16.7 Å². The fourth-order valence-electron chi connectivity index (χ4n) is 0.402. The molecule has 1 heterocycles. The van der Waals surface area contributed by atoms with Crippen molar-refractivity contribution in [3.8, 4) is 0 Å². The molecule has 5 heteroatoms. The quantitative estimate of drug-likeness (QED) is 0.422. The van der Waals surface area contributed by atoms with E-state index in [1.807, 2.05) is 0 Å². The van der Waals surface area contributed by atoms with Crippen LogP contribution in [-0.4, -0.2) is 22.0 Å². The van der Waals surface area contributed by atoms with Crippen LogP contribution in [-0.2, 0) is 0 Å². The predicted molar refractivity (Wildman–Crippen MR) is 32.6 cm³/mol. The van der Waals surface area contributed by atoms with E-state index in [-0.39, 0.29) is 31.0 Å². The molecule has 0 saturated carbocycles. The summed E-state index contributed by atoms with van der Waals surface area (Å²) in [6.45, 7) is 0. The number of hydrogen-bond donors (Lipinski definition) is 1. The molecule has 0 saturated heterocycles. The summed E-state index contributed by atoms with van der Waals surface area (Å²) in [5.41, 5.74) is 0. The molecule has 0 radical (unpaired) electrons. The van der Waals surface area contributed by atoms with Crippen LogP contribution in [0.15, 0.2) is 11.6 Å². The number of nitrogens with zero attached hydrogens (tertiary/aromatic N) is 1. The molecule has 1 amide bonds. The second kappa shape index (κ2) is 4.22. The molecule has 0 spiro atoms. The topological polar surface area (TPSA) is 40.5 Å². The van der Waals surface area contributed by atoms with Crippen LogP contribution in [0.4, 0.5) is 4.79 Å². The van der Waals surface area contributed by atoms with E-state index in [2.05, 4.69) is 0 Å². The van der Waals surface area contributed by atoms with Gasteiger partial charge in [-0.3, -0.25) is 4.90 Å². The molecule has 0 aromatic carbocycles. The van der Waals surface area contributed by atoms with Gasteiger partial charge in [-0.15, -0.1) is 11.8 Å². The van der Waals surface area contributed by atoms with E-state index >= 15 is 0 Å². The SMILES string of the molecule is O=C(O)N1C=CSC1.[H-].[Na+]. The summed E-state index contributed by atoms with van der Waals surface area (Å²) in [5, 5.41) is 10.0. The maximum atomic E-state index is 10.1. The van der Waals surface area contributed by atoms with Crippen LogP contribution in [0, 0.1) is 0 Å². The molecular formula is C4H6NNaO2S. The van der Waals surface area contributed by atoms with Crippen LogP contribution >= 0.6 is 11.8 Å². The zero-order valence-electron chi connectivity index (χ0n) is 6.07. The van der Waals surface area contributed by atoms with Gasteiger partial charge in [-0.25, -0.2) is 4.79 Å². The molecule has 0 bridgehead atoms. The molecule has 1 N–H and O–H groups in total. The van der Waals surface area contributed by atoms with Crippen LogP contribution in [0.25, 0.3) is 0 Å². The molecule has 0 unspecified atom stereocenters. The Morgan fingerprint density at radius 2 is 2.56 bits per heavy atom. The van der Waals surface area contributed by atoms with Crippen LogP contribution in [0.2, 0.25) is 0 Å². The molecule has 0 atom stereocenters. The van der Waals surface area contributed by atoms with Crippen molar-refractivity contribution in [3.05, 3.63) is 11.6 Å². The van der Waals surface area contributed by atoms with Crippen molar-refractivity contribution >= 4 is 17.9 Å². The van der Waals surface area contributed by atoms with Gasteiger partial charge >= 0.3 is 35.7 Å². The van der Waals surface area contributed by atoms with E-state index in [4.69, 9.17) is 5.11 Å². The number of hydrogen-bond acceptors (Lipinski definition) is 2. The number of rotatable bonds is 0. The van der Waals surface area contributed by atoms with Crippen molar-refractivity contribution in [2.24, 2.45) is 0 Å². The Labute approximate surface area is 80.9 Å². The van der Waals surface area contributed by atoms with Gasteiger partial charge in [0.05, 0.1) is 5.88 Å². The van der Waals surface area contributed by atoms with E-state index in [0.717, 1.165) is 0 Å². The minimum absolute atomic E-state index is 0. The Kier molecular flexibility index (Phi) is 4.39. The van der Waals surface area contributed by atoms with Crippen molar-refractivity contribution in [1.29, 1.82) is 0 Å². The standard InChI is InChI=1S/C4H5NO2S.Na.H/c6-4(7)5-1-2-8-3-5;;/h1-2H,3H2,(H,6,7);;/q;+1;-1. The molecule has 46 valence electrons. The third kappa shape index (κ3) is 2.62. The van der Waals surface area contributed by atoms with Gasteiger partial charge in [0.25, 0.3) is 0 Å². The predicted octanol–water partition coefficient (Wildman–Crippen LogP) is -1.74. The van der Waals surface area contributed by atoms with Crippen molar-refractivity contribution in [2.45, 2.75) is 0 Å². The normalized spacial score (nSPS) is 15.3. The number of carboxylic acid groups (broad SMARTS) is 1. The number of thioether (sulfide) groups is 1. The van der Waals surface area contributed by atoms with E-state index in [1.54, 1.807) is 11.6 Å². The Morgan fingerprint density at radius 3 is 2.78 bits per heavy atom. The van der Waals surface area contributed by atoms with Gasteiger partial charge in [0.1, 0.15) is 0 Å². The van der Waals surface area contributed by atoms with Crippen LogP contribution < -0.4 is 29.6 Å². The summed E-state index contributed by atoms with van der Waals surface area (Å²) in [6, 6.07) is 0. The molecule has 1 rings (SSSR count). The summed E-state index contributed by atoms with van der Waals surface area (Å²) >= 11 is 1.48. The monoisotopic (exact) mass is 155 g/mol. The molecule has 3 nitrogen and oxygen atoms in total. The minimum atomic E-state index is -0.883. The molecule has 0 aromatic heterocycles. The maximum absolute atomic E-state index is 10.1. The summed E-state index contributed by atoms with van der Waals surface area (Å²) in [6.07, 6.45) is 0.666. The van der Waals surface area contributed by atoms with Gasteiger partial charge in [-0.05, 0) is 5.41 Å². The van der Waals surface area contributed by atoms with Crippen LogP contribution in [0.5, 0.6) is 0 Å². The first-order chi connectivity index (χ1) is 3.80. The largest absolute Gasteiger partial charge is 1.00 e. The zero-order chi connectivity index (χ0) is 5.98. The van der Waals surface area contributed by atoms with Crippen LogP contribution in [0.3, 0.4) is 0 Å². The van der Waals surface area contributed by atoms with Crippen molar-refractivity contribution in [1.82, 2.24) is 4.90 Å². The number of amides is 1. The summed E-state index contributed by atoms with van der Waals surface area (Å²) in [4.78, 5) is 11.3. The fraction of sp³-hybridized carbons (Fsp3) is 0.250. The summed E-state index contributed by atoms with van der Waals surface area (Å²) < 4.78 is 0. The second-order valence-electron chi connectivity index (χ2n) is 1.33. The van der Waals surface area contributed by atoms with Gasteiger partial charge in [-0.2, -0.15) is 0 Å². The smallest absolute Gasteiger partial charge is 1.00 e. The first-order valence-corrected chi connectivity index (χ1v) is 3.13. The van der Waals surface area contributed by atoms with E-state index in [0.29, 0.717) is 5.88 Å². The molecule has 1 aliphatic heterocycles. The molecule has 0 fully saturated rings. The van der Waals surface area contributed by atoms with Crippen LogP contribution in [0.1, 0.15) is 1.43 Å². The average molecular weight is 155 g/mol. The fourth-order valence-corrected chi connectivity index (χ4v) is 1.08. The van der Waals surface area contributed by atoms with Gasteiger partial charge in [0.15, 0.2) is 0 Å². The second-order valence-corrected chi connectivity index (χ2v) is 2.20. The van der Waals surface area contributed by atoms with Gasteiger partial charge in [0, 0.05) is 6.20 Å². The van der Waals surface area contributed by atoms with Crippen molar-refractivity contribution in [2.75, 3.05) is 5.88 Å². The van der Waals surface area contributed by atoms with Crippen molar-refractivity contribution < 1.29 is 40.9 Å². The van der Waals surface area contributed by atoms with Crippen molar-refractivity contribution in [3.63, 3.8) is 0 Å². The van der Waals surface area contributed by atoms with E-state index < -0.39 is 6.09 Å². The maximum Gasteiger partial charge on any atom is 1.00 e. The average Bonchev–Trinajstić information content (AvgIpc) is 2.12. The third-order valence-electron chi connectivity index (χ3n) is 0.796. The van der Waals surface area contributed by atoms with E-state index in [9.17, 15) is 4.79 Å². The molecule has 0 aliphatic carbocycles. The van der Waals surface area contributed by atoms with Gasteiger partial charge in [-0.1, -0.05) is 0 Å². The summed E-state index contributed by atoms with van der Waals surface area (Å²) in [5.74, 6) is 0.537. The first kappa shape index (κ1) is 9.36. The van der Waals surface area contributed by atoms with Gasteiger partial charge in [0.2, 0.25) is 0 Å². The Balaban J connectivity index is 0. The first-order valence-electron chi connectivity index (χ1n) is 2.08. The Bertz CT molecular complexity index is 143.